The van der Waals surface area contributed by atoms with E-state index in [0.29, 0.717) is 5.56 Å². The molecule has 116 valence electrons. The number of likely N-dealkylation sites (tertiary alicyclic amines) is 1. The van der Waals surface area contributed by atoms with Gasteiger partial charge in [0.1, 0.15) is 0 Å². The summed E-state index contributed by atoms with van der Waals surface area (Å²) in [5.74, 6) is -0.0198. The molecule has 0 bridgehead atoms. The third-order valence-corrected chi connectivity index (χ3v) is 4.81. The van der Waals surface area contributed by atoms with E-state index in [4.69, 9.17) is 0 Å². The predicted molar refractivity (Wildman–Crippen MR) is 88.1 cm³/mol. The zero-order chi connectivity index (χ0) is 15.9. The van der Waals surface area contributed by atoms with Crippen LogP contribution in [0.4, 0.5) is 0 Å². The maximum atomic E-state index is 13.1. The lowest BCUT2D eigenvalue weighted by molar-refractivity contribution is 0.0512. The second-order valence-electron chi connectivity index (χ2n) is 6.31. The molecule has 1 aromatic heterocycles. The van der Waals surface area contributed by atoms with Crippen LogP contribution in [0.1, 0.15) is 43.5 Å². The second kappa shape index (κ2) is 5.59. The lowest BCUT2D eigenvalue weighted by Gasteiger charge is -2.39. The van der Waals surface area contributed by atoms with Gasteiger partial charge in [0.25, 0.3) is 11.5 Å². The Labute approximate surface area is 130 Å². The number of piperidine rings is 1. The van der Waals surface area contributed by atoms with Crippen LogP contribution in [0.15, 0.2) is 35.1 Å². The van der Waals surface area contributed by atoms with E-state index >= 15 is 0 Å². The first-order valence-electron chi connectivity index (χ1n) is 7.92. The van der Waals surface area contributed by atoms with Crippen molar-refractivity contribution in [2.75, 3.05) is 0 Å². The molecule has 0 spiro atoms. The third kappa shape index (κ3) is 2.32. The number of fused-ring (bicyclic) bond motifs is 1. The molecule has 1 saturated heterocycles. The Kier molecular flexibility index (Phi) is 3.77. The van der Waals surface area contributed by atoms with Crippen LogP contribution in [0.3, 0.4) is 0 Å². The zero-order valence-electron chi connectivity index (χ0n) is 13.4. The van der Waals surface area contributed by atoms with Crippen LogP contribution in [-0.2, 0) is 7.05 Å². The molecular formula is C18H22N2O2. The normalized spacial score (nSPS) is 22.0. The van der Waals surface area contributed by atoms with Gasteiger partial charge in [-0.3, -0.25) is 9.59 Å². The molecule has 0 aliphatic carbocycles. The summed E-state index contributed by atoms with van der Waals surface area (Å²) >= 11 is 0. The average Bonchev–Trinajstić information content (AvgIpc) is 2.50. The van der Waals surface area contributed by atoms with Gasteiger partial charge in [0.05, 0.1) is 11.1 Å². The molecule has 22 heavy (non-hydrogen) atoms. The number of pyridine rings is 1. The minimum absolute atomic E-state index is 0.0198. The molecule has 2 aromatic rings. The molecule has 3 rings (SSSR count). The molecule has 1 aliphatic rings. The lowest BCUT2D eigenvalue weighted by atomic mass is 9.95. The van der Waals surface area contributed by atoms with E-state index in [-0.39, 0.29) is 23.6 Å². The molecular weight excluding hydrogens is 276 g/mol. The van der Waals surface area contributed by atoms with Crippen molar-refractivity contribution in [2.24, 2.45) is 7.05 Å². The summed E-state index contributed by atoms with van der Waals surface area (Å²) in [5.41, 5.74) is 1.19. The van der Waals surface area contributed by atoms with Crippen LogP contribution >= 0.6 is 0 Å². The van der Waals surface area contributed by atoms with E-state index < -0.39 is 0 Å². The van der Waals surface area contributed by atoms with Crippen molar-refractivity contribution < 1.29 is 4.79 Å². The van der Waals surface area contributed by atoms with Crippen LogP contribution in [0.2, 0.25) is 0 Å². The summed E-state index contributed by atoms with van der Waals surface area (Å²) in [6.45, 7) is 4.19. The van der Waals surface area contributed by atoms with Crippen LogP contribution in [0.5, 0.6) is 0 Å². The third-order valence-electron chi connectivity index (χ3n) is 4.81. The summed E-state index contributed by atoms with van der Waals surface area (Å²) in [5, 5.41) is 0.847. The first kappa shape index (κ1) is 14.8. The van der Waals surface area contributed by atoms with Crippen molar-refractivity contribution >= 4 is 16.8 Å². The maximum absolute atomic E-state index is 13.1. The lowest BCUT2D eigenvalue weighted by Crippen LogP contribution is -2.47. The summed E-state index contributed by atoms with van der Waals surface area (Å²) in [7, 11) is 1.74. The number of amides is 1. The summed E-state index contributed by atoms with van der Waals surface area (Å²) in [6.07, 6.45) is 3.21. The van der Waals surface area contributed by atoms with Gasteiger partial charge < -0.3 is 9.47 Å². The SMILES string of the molecule is CC1CCCC(C)N1C(=O)c1cc(=O)n(C)c2ccccc12. The number of carbonyl (C=O) groups is 1. The molecule has 1 fully saturated rings. The fourth-order valence-electron chi connectivity index (χ4n) is 3.55. The van der Waals surface area contributed by atoms with Gasteiger partial charge in [-0.05, 0) is 39.2 Å². The summed E-state index contributed by atoms with van der Waals surface area (Å²) in [6, 6.07) is 9.53. The fourth-order valence-corrected chi connectivity index (χ4v) is 3.55. The Morgan fingerprint density at radius 1 is 1.14 bits per heavy atom. The van der Waals surface area contributed by atoms with Gasteiger partial charge >= 0.3 is 0 Å². The van der Waals surface area contributed by atoms with Gasteiger partial charge in [-0.2, -0.15) is 0 Å². The highest BCUT2D eigenvalue weighted by atomic mass is 16.2. The Morgan fingerprint density at radius 2 is 1.77 bits per heavy atom. The van der Waals surface area contributed by atoms with E-state index in [1.807, 2.05) is 29.2 Å². The summed E-state index contributed by atoms with van der Waals surface area (Å²) < 4.78 is 1.59. The Balaban J connectivity index is 2.15. The number of carbonyl (C=O) groups excluding carboxylic acids is 1. The largest absolute Gasteiger partial charge is 0.333 e. The van der Waals surface area contributed by atoms with Gasteiger partial charge in [-0.1, -0.05) is 18.2 Å². The molecule has 0 radical (unpaired) electrons. The molecule has 2 heterocycles. The number of para-hydroxylation sites is 1. The fraction of sp³-hybridized carbons (Fsp3) is 0.444. The topological polar surface area (TPSA) is 42.3 Å². The average molecular weight is 298 g/mol. The van der Waals surface area contributed by atoms with Crippen LogP contribution < -0.4 is 5.56 Å². The number of aromatic nitrogens is 1. The van der Waals surface area contributed by atoms with Crippen molar-refractivity contribution in [3.05, 3.63) is 46.2 Å². The number of benzene rings is 1. The monoisotopic (exact) mass is 298 g/mol. The molecule has 1 aliphatic heterocycles. The van der Waals surface area contributed by atoms with Crippen LogP contribution in [0.25, 0.3) is 10.9 Å². The van der Waals surface area contributed by atoms with Crippen molar-refractivity contribution in [1.82, 2.24) is 9.47 Å². The minimum Gasteiger partial charge on any atom is -0.333 e. The van der Waals surface area contributed by atoms with Crippen LogP contribution in [0, 0.1) is 0 Å². The Bertz CT molecular complexity index is 768. The van der Waals surface area contributed by atoms with Crippen molar-refractivity contribution in [2.45, 2.75) is 45.2 Å². The molecule has 0 N–H and O–H groups in total. The Hall–Kier alpha value is -2.10. The van der Waals surface area contributed by atoms with E-state index in [9.17, 15) is 9.59 Å². The van der Waals surface area contributed by atoms with Crippen molar-refractivity contribution in [3.63, 3.8) is 0 Å². The molecule has 4 heteroatoms. The van der Waals surface area contributed by atoms with Gasteiger partial charge in [0, 0.05) is 30.6 Å². The number of nitrogens with zero attached hydrogens (tertiary/aromatic N) is 2. The Morgan fingerprint density at radius 3 is 2.45 bits per heavy atom. The van der Waals surface area contributed by atoms with E-state index in [1.165, 1.54) is 6.07 Å². The number of hydrogen-bond donors (Lipinski definition) is 0. The number of rotatable bonds is 1. The highest BCUT2D eigenvalue weighted by Gasteiger charge is 2.30. The van der Waals surface area contributed by atoms with Gasteiger partial charge in [-0.25, -0.2) is 0 Å². The maximum Gasteiger partial charge on any atom is 0.255 e. The summed E-state index contributed by atoms with van der Waals surface area (Å²) in [4.78, 5) is 27.2. The molecule has 2 atom stereocenters. The molecule has 1 aromatic carbocycles. The molecule has 1 amide bonds. The van der Waals surface area contributed by atoms with Crippen molar-refractivity contribution in [1.29, 1.82) is 0 Å². The smallest absolute Gasteiger partial charge is 0.255 e. The van der Waals surface area contributed by atoms with Gasteiger partial charge in [-0.15, -0.1) is 0 Å². The molecule has 4 nitrogen and oxygen atoms in total. The first-order chi connectivity index (χ1) is 10.5. The van der Waals surface area contributed by atoms with E-state index in [0.717, 1.165) is 30.2 Å². The van der Waals surface area contributed by atoms with Crippen molar-refractivity contribution in [3.8, 4) is 0 Å². The molecule has 0 saturated carbocycles. The highest BCUT2D eigenvalue weighted by Crippen LogP contribution is 2.26. The minimum atomic E-state index is -0.139. The number of aryl methyl sites for hydroxylation is 1. The number of hydrogen-bond acceptors (Lipinski definition) is 2. The predicted octanol–water partition coefficient (Wildman–Crippen LogP) is 2.94. The van der Waals surface area contributed by atoms with E-state index in [1.54, 1.807) is 11.6 Å². The second-order valence-corrected chi connectivity index (χ2v) is 6.31. The highest BCUT2D eigenvalue weighted by molar-refractivity contribution is 6.06. The molecule has 2 unspecified atom stereocenters. The quantitative estimate of drug-likeness (QED) is 0.812. The standard InChI is InChI=1S/C18H22N2O2/c1-12-7-6-8-13(2)20(12)18(22)15-11-17(21)19(3)16-10-5-4-9-14(15)16/h4-5,9-13H,6-8H2,1-3H3. The zero-order valence-corrected chi connectivity index (χ0v) is 13.4. The van der Waals surface area contributed by atoms with E-state index in [2.05, 4.69) is 13.8 Å². The first-order valence-corrected chi connectivity index (χ1v) is 7.92. The van der Waals surface area contributed by atoms with Gasteiger partial charge in [0.15, 0.2) is 0 Å². The van der Waals surface area contributed by atoms with Crippen LogP contribution in [-0.4, -0.2) is 27.5 Å². The van der Waals surface area contributed by atoms with Gasteiger partial charge in [0.2, 0.25) is 0 Å².